The molecule has 3 rings (SSSR count). The second-order valence-corrected chi connectivity index (χ2v) is 7.95. The highest BCUT2D eigenvalue weighted by Crippen LogP contribution is 2.26. The van der Waals surface area contributed by atoms with E-state index < -0.39 is 0 Å². The lowest BCUT2D eigenvalue weighted by atomic mass is 9.93. The summed E-state index contributed by atoms with van der Waals surface area (Å²) in [6.45, 7) is 4.11. The molecule has 1 aliphatic heterocycles. The molecule has 2 amide bonds. The number of nitrogens with zero attached hydrogens (tertiary/aromatic N) is 3. The third kappa shape index (κ3) is 6.47. The number of benzene rings is 1. The third-order valence-electron chi connectivity index (χ3n) is 5.78. The van der Waals surface area contributed by atoms with E-state index in [1.807, 2.05) is 22.6 Å². The van der Waals surface area contributed by atoms with Gasteiger partial charge in [0.1, 0.15) is 17.3 Å². The Balaban J connectivity index is 1.45. The summed E-state index contributed by atoms with van der Waals surface area (Å²) in [6, 6.07) is 5.30. The molecule has 8 nitrogen and oxygen atoms in total. The van der Waals surface area contributed by atoms with Gasteiger partial charge in [0.05, 0.1) is 14.2 Å². The molecule has 1 aromatic carbocycles. The van der Waals surface area contributed by atoms with E-state index in [1.54, 1.807) is 38.6 Å². The molecule has 8 heteroatoms. The van der Waals surface area contributed by atoms with Gasteiger partial charge in [-0.1, -0.05) is 0 Å². The Labute approximate surface area is 183 Å². The first-order valence-corrected chi connectivity index (χ1v) is 10.8. The number of carbonyl (C=O) groups excluding carboxylic acids is 2. The first-order chi connectivity index (χ1) is 15.0. The van der Waals surface area contributed by atoms with Crippen LogP contribution in [0.15, 0.2) is 30.6 Å². The number of hydrogen-bond acceptors (Lipinski definition) is 5. The van der Waals surface area contributed by atoms with Crippen LogP contribution in [-0.4, -0.2) is 53.6 Å². The number of ether oxygens (including phenoxy) is 2. The average Bonchev–Trinajstić information content (AvgIpc) is 3.20. The summed E-state index contributed by atoms with van der Waals surface area (Å²) in [6.07, 6.45) is 7.33. The van der Waals surface area contributed by atoms with Crippen LogP contribution in [0, 0.1) is 12.8 Å². The van der Waals surface area contributed by atoms with E-state index >= 15 is 0 Å². The van der Waals surface area contributed by atoms with Crippen LogP contribution >= 0.6 is 0 Å². The standard InChI is InChI=1S/C23H32N4O4/c1-17-24-9-12-26(17)11-8-23(29)27-10-4-5-18(16-27)6-7-22(28)25-19-13-20(30-2)15-21(14-19)31-3/h9,12-15,18H,4-8,10-11,16H2,1-3H3,(H,25,28)/t18-/m1/s1. The van der Waals surface area contributed by atoms with E-state index in [0.717, 1.165) is 38.2 Å². The van der Waals surface area contributed by atoms with E-state index in [0.29, 0.717) is 42.5 Å². The van der Waals surface area contributed by atoms with Crippen molar-refractivity contribution in [3.05, 3.63) is 36.4 Å². The largest absolute Gasteiger partial charge is 0.497 e. The number of anilines is 1. The van der Waals surface area contributed by atoms with Crippen molar-refractivity contribution in [2.75, 3.05) is 32.6 Å². The summed E-state index contributed by atoms with van der Waals surface area (Å²) in [4.78, 5) is 31.2. The number of hydrogen-bond donors (Lipinski definition) is 1. The molecular weight excluding hydrogens is 396 g/mol. The van der Waals surface area contributed by atoms with Gasteiger partial charge in [0.15, 0.2) is 0 Å². The molecular formula is C23H32N4O4. The summed E-state index contributed by atoms with van der Waals surface area (Å²) in [5.41, 5.74) is 0.649. The van der Waals surface area contributed by atoms with Crippen LogP contribution in [-0.2, 0) is 16.1 Å². The highest BCUT2D eigenvalue weighted by atomic mass is 16.5. The van der Waals surface area contributed by atoms with Crippen LogP contribution < -0.4 is 14.8 Å². The van der Waals surface area contributed by atoms with Gasteiger partial charge in [0.25, 0.3) is 0 Å². The van der Waals surface area contributed by atoms with Crippen molar-refractivity contribution in [2.24, 2.45) is 5.92 Å². The Bertz CT molecular complexity index is 873. The maximum atomic E-state index is 12.6. The smallest absolute Gasteiger partial charge is 0.224 e. The molecule has 0 radical (unpaired) electrons. The molecule has 0 bridgehead atoms. The molecule has 1 aromatic heterocycles. The number of amides is 2. The molecule has 1 fully saturated rings. The van der Waals surface area contributed by atoms with Gasteiger partial charge in [-0.05, 0) is 32.1 Å². The number of rotatable bonds is 9. The van der Waals surface area contributed by atoms with E-state index in [2.05, 4.69) is 10.3 Å². The summed E-state index contributed by atoms with van der Waals surface area (Å²) in [5, 5.41) is 2.92. The molecule has 2 heterocycles. The van der Waals surface area contributed by atoms with Gasteiger partial charge in [0, 0.05) is 68.8 Å². The van der Waals surface area contributed by atoms with Crippen molar-refractivity contribution >= 4 is 17.5 Å². The van der Waals surface area contributed by atoms with Crippen molar-refractivity contribution in [2.45, 2.75) is 45.6 Å². The second kappa shape index (κ2) is 10.8. The monoisotopic (exact) mass is 428 g/mol. The second-order valence-electron chi connectivity index (χ2n) is 7.95. The lowest BCUT2D eigenvalue weighted by Gasteiger charge is -2.33. The molecule has 2 aromatic rings. The normalized spacial score (nSPS) is 16.1. The van der Waals surface area contributed by atoms with Crippen molar-refractivity contribution in [3.63, 3.8) is 0 Å². The molecule has 1 saturated heterocycles. The molecule has 168 valence electrons. The van der Waals surface area contributed by atoms with Gasteiger partial charge >= 0.3 is 0 Å². The van der Waals surface area contributed by atoms with Gasteiger partial charge in [-0.2, -0.15) is 0 Å². The van der Waals surface area contributed by atoms with Crippen LogP contribution in [0.1, 0.15) is 37.9 Å². The van der Waals surface area contributed by atoms with Crippen molar-refractivity contribution in [3.8, 4) is 11.5 Å². The molecule has 1 aliphatic rings. The van der Waals surface area contributed by atoms with Crippen molar-refractivity contribution < 1.29 is 19.1 Å². The lowest BCUT2D eigenvalue weighted by Crippen LogP contribution is -2.40. The number of carbonyl (C=O) groups is 2. The zero-order valence-corrected chi connectivity index (χ0v) is 18.6. The minimum atomic E-state index is -0.0469. The fourth-order valence-corrected chi connectivity index (χ4v) is 3.98. The Hall–Kier alpha value is -3.03. The van der Waals surface area contributed by atoms with Crippen molar-refractivity contribution in [1.82, 2.24) is 14.5 Å². The SMILES string of the molecule is COc1cc(NC(=O)CC[C@H]2CCCN(C(=O)CCn3ccnc3C)C2)cc(OC)c1. The van der Waals surface area contributed by atoms with Crippen LogP contribution in [0.3, 0.4) is 0 Å². The number of piperidine rings is 1. The Morgan fingerprint density at radius 1 is 1.16 bits per heavy atom. The van der Waals surface area contributed by atoms with Crippen molar-refractivity contribution in [1.29, 1.82) is 0 Å². The minimum absolute atomic E-state index is 0.0469. The summed E-state index contributed by atoms with van der Waals surface area (Å²) < 4.78 is 12.5. The zero-order chi connectivity index (χ0) is 22.2. The van der Waals surface area contributed by atoms with Crippen LogP contribution in [0.2, 0.25) is 0 Å². The topological polar surface area (TPSA) is 85.7 Å². The van der Waals surface area contributed by atoms with Crippen LogP contribution in [0.4, 0.5) is 5.69 Å². The Kier molecular flexibility index (Phi) is 7.92. The highest BCUT2D eigenvalue weighted by molar-refractivity contribution is 5.91. The van der Waals surface area contributed by atoms with E-state index in [-0.39, 0.29) is 11.8 Å². The molecule has 0 unspecified atom stereocenters. The Morgan fingerprint density at radius 3 is 2.55 bits per heavy atom. The molecule has 1 atom stereocenters. The van der Waals surface area contributed by atoms with Gasteiger partial charge in [-0.3, -0.25) is 9.59 Å². The van der Waals surface area contributed by atoms with Gasteiger partial charge in [-0.15, -0.1) is 0 Å². The summed E-state index contributed by atoms with van der Waals surface area (Å²) in [5.74, 6) is 2.64. The zero-order valence-electron chi connectivity index (χ0n) is 18.6. The first-order valence-electron chi connectivity index (χ1n) is 10.8. The number of likely N-dealkylation sites (tertiary alicyclic amines) is 1. The van der Waals surface area contributed by atoms with E-state index in [4.69, 9.17) is 9.47 Å². The van der Waals surface area contributed by atoms with E-state index in [9.17, 15) is 9.59 Å². The first kappa shape index (κ1) is 22.7. The minimum Gasteiger partial charge on any atom is -0.497 e. The molecule has 0 spiro atoms. The average molecular weight is 429 g/mol. The predicted molar refractivity (Wildman–Crippen MR) is 118 cm³/mol. The number of aryl methyl sites for hydroxylation is 2. The fourth-order valence-electron chi connectivity index (χ4n) is 3.98. The van der Waals surface area contributed by atoms with E-state index in [1.165, 1.54) is 0 Å². The maximum Gasteiger partial charge on any atom is 0.224 e. The maximum absolute atomic E-state index is 12.6. The lowest BCUT2D eigenvalue weighted by molar-refractivity contribution is -0.133. The van der Waals surface area contributed by atoms with Gasteiger partial charge < -0.3 is 24.3 Å². The molecule has 1 N–H and O–H groups in total. The van der Waals surface area contributed by atoms with Crippen LogP contribution in [0.5, 0.6) is 11.5 Å². The Morgan fingerprint density at radius 2 is 1.90 bits per heavy atom. The molecule has 0 saturated carbocycles. The fraction of sp³-hybridized carbons (Fsp3) is 0.522. The quantitative estimate of drug-likeness (QED) is 0.663. The van der Waals surface area contributed by atoms with Gasteiger partial charge in [0.2, 0.25) is 11.8 Å². The third-order valence-corrected chi connectivity index (χ3v) is 5.78. The highest BCUT2D eigenvalue weighted by Gasteiger charge is 2.24. The summed E-state index contributed by atoms with van der Waals surface area (Å²) >= 11 is 0. The number of imidazole rings is 1. The van der Waals surface area contributed by atoms with Gasteiger partial charge in [-0.25, -0.2) is 4.98 Å². The molecule has 0 aliphatic carbocycles. The molecule has 31 heavy (non-hydrogen) atoms. The predicted octanol–water partition coefficient (Wildman–Crippen LogP) is 3.26. The van der Waals surface area contributed by atoms with Crippen LogP contribution in [0.25, 0.3) is 0 Å². The number of methoxy groups -OCH3 is 2. The number of aromatic nitrogens is 2. The number of nitrogens with one attached hydrogen (secondary N) is 1. The summed E-state index contributed by atoms with van der Waals surface area (Å²) in [7, 11) is 3.15.